The van der Waals surface area contributed by atoms with Gasteiger partial charge in [0.25, 0.3) is 5.91 Å². The van der Waals surface area contributed by atoms with E-state index in [1.807, 2.05) is 6.92 Å². The van der Waals surface area contributed by atoms with Gasteiger partial charge in [0, 0.05) is 6.20 Å². The second kappa shape index (κ2) is 6.13. The molecule has 1 aromatic carbocycles. The number of nitrogens with zero attached hydrogens (tertiary/aromatic N) is 2. The molecule has 0 saturated heterocycles. The summed E-state index contributed by atoms with van der Waals surface area (Å²) in [6.07, 6.45) is 2.89. The largest absolute Gasteiger partial charge is 0.465 e. The zero-order valence-corrected chi connectivity index (χ0v) is 12.0. The molecule has 0 bridgehead atoms. The molecule has 1 N–H and O–H groups in total. The maximum Gasteiger partial charge on any atom is 0.339 e. The molecular formula is C15H15N3O3. The fourth-order valence-electron chi connectivity index (χ4n) is 1.74. The second-order valence-electron chi connectivity index (χ2n) is 4.54. The van der Waals surface area contributed by atoms with Crippen LogP contribution in [0.4, 0.5) is 5.69 Å². The highest BCUT2D eigenvalue weighted by Gasteiger charge is 2.15. The molecule has 0 radical (unpaired) electrons. The molecule has 0 fully saturated rings. The lowest BCUT2D eigenvalue weighted by molar-refractivity contribution is 0.0602. The van der Waals surface area contributed by atoms with Gasteiger partial charge in [0.15, 0.2) is 0 Å². The van der Waals surface area contributed by atoms with Gasteiger partial charge in [0.1, 0.15) is 5.69 Å². The van der Waals surface area contributed by atoms with Crippen LogP contribution in [0.25, 0.3) is 0 Å². The van der Waals surface area contributed by atoms with E-state index in [1.54, 1.807) is 25.1 Å². The second-order valence-corrected chi connectivity index (χ2v) is 4.54. The van der Waals surface area contributed by atoms with Crippen LogP contribution in [-0.2, 0) is 4.74 Å². The van der Waals surface area contributed by atoms with Crippen LogP contribution in [0.2, 0.25) is 0 Å². The van der Waals surface area contributed by atoms with Crippen LogP contribution in [0.1, 0.15) is 32.1 Å². The average molecular weight is 285 g/mol. The first-order chi connectivity index (χ1) is 10.0. The lowest BCUT2D eigenvalue weighted by Crippen LogP contribution is -2.17. The first kappa shape index (κ1) is 14.6. The van der Waals surface area contributed by atoms with Crippen molar-refractivity contribution < 1.29 is 14.3 Å². The summed E-state index contributed by atoms with van der Waals surface area (Å²) in [7, 11) is 1.29. The number of benzene rings is 1. The highest BCUT2D eigenvalue weighted by atomic mass is 16.5. The van der Waals surface area contributed by atoms with Gasteiger partial charge in [-0.2, -0.15) is 0 Å². The minimum absolute atomic E-state index is 0.178. The van der Waals surface area contributed by atoms with Crippen LogP contribution >= 0.6 is 0 Å². The summed E-state index contributed by atoms with van der Waals surface area (Å²) >= 11 is 0. The summed E-state index contributed by atoms with van der Waals surface area (Å²) in [5, 5.41) is 2.65. The van der Waals surface area contributed by atoms with E-state index < -0.39 is 11.9 Å². The average Bonchev–Trinajstić information content (AvgIpc) is 2.48. The van der Waals surface area contributed by atoms with Gasteiger partial charge < -0.3 is 10.1 Å². The van der Waals surface area contributed by atoms with E-state index in [0.717, 1.165) is 11.3 Å². The Kier molecular flexibility index (Phi) is 4.27. The SMILES string of the molecule is COC(=O)c1cc(C)ccc1NC(=O)c1cnc(C)cn1. The smallest absolute Gasteiger partial charge is 0.339 e. The van der Waals surface area contributed by atoms with Gasteiger partial charge in [0.05, 0.1) is 30.3 Å². The number of anilines is 1. The molecule has 108 valence electrons. The molecule has 1 aromatic heterocycles. The zero-order chi connectivity index (χ0) is 15.4. The van der Waals surface area contributed by atoms with Crippen molar-refractivity contribution in [2.45, 2.75) is 13.8 Å². The normalized spacial score (nSPS) is 10.0. The number of rotatable bonds is 3. The third-order valence-corrected chi connectivity index (χ3v) is 2.84. The number of carbonyl (C=O) groups is 2. The van der Waals surface area contributed by atoms with Gasteiger partial charge in [-0.3, -0.25) is 9.78 Å². The van der Waals surface area contributed by atoms with E-state index in [1.165, 1.54) is 19.5 Å². The summed E-state index contributed by atoms with van der Waals surface area (Å²) in [4.78, 5) is 31.9. The number of hydrogen-bond acceptors (Lipinski definition) is 5. The number of aryl methyl sites for hydroxylation is 2. The lowest BCUT2D eigenvalue weighted by Gasteiger charge is -2.10. The van der Waals surface area contributed by atoms with Gasteiger partial charge in [-0.15, -0.1) is 0 Å². The number of esters is 1. The van der Waals surface area contributed by atoms with Crippen LogP contribution in [0, 0.1) is 13.8 Å². The van der Waals surface area contributed by atoms with Crippen LogP contribution in [0.3, 0.4) is 0 Å². The molecule has 2 rings (SSSR count). The summed E-state index contributed by atoms with van der Waals surface area (Å²) in [5.41, 5.74) is 2.46. The van der Waals surface area contributed by atoms with E-state index in [2.05, 4.69) is 15.3 Å². The molecule has 2 aromatic rings. The van der Waals surface area contributed by atoms with Gasteiger partial charge in [-0.1, -0.05) is 11.6 Å². The zero-order valence-electron chi connectivity index (χ0n) is 12.0. The number of nitrogens with one attached hydrogen (secondary N) is 1. The predicted octanol–water partition coefficient (Wildman–Crippen LogP) is 2.13. The Morgan fingerprint density at radius 2 is 1.90 bits per heavy atom. The van der Waals surface area contributed by atoms with Gasteiger partial charge in [-0.25, -0.2) is 9.78 Å². The molecule has 6 nitrogen and oxygen atoms in total. The molecular weight excluding hydrogens is 270 g/mol. The van der Waals surface area contributed by atoms with Crippen LogP contribution in [0.5, 0.6) is 0 Å². The minimum atomic E-state index is -0.510. The Balaban J connectivity index is 2.28. The summed E-state index contributed by atoms with van der Waals surface area (Å²) in [6.45, 7) is 3.63. The van der Waals surface area contributed by atoms with Crippen molar-refractivity contribution in [1.29, 1.82) is 0 Å². The molecule has 0 aliphatic rings. The van der Waals surface area contributed by atoms with E-state index in [4.69, 9.17) is 4.74 Å². The predicted molar refractivity (Wildman–Crippen MR) is 77.2 cm³/mol. The highest BCUT2D eigenvalue weighted by molar-refractivity contribution is 6.07. The fraction of sp³-hybridized carbons (Fsp3) is 0.200. The first-order valence-corrected chi connectivity index (χ1v) is 6.30. The Morgan fingerprint density at radius 1 is 1.14 bits per heavy atom. The molecule has 6 heteroatoms. The number of ether oxygens (including phenoxy) is 1. The van der Waals surface area contributed by atoms with Crippen molar-refractivity contribution in [3.8, 4) is 0 Å². The third kappa shape index (κ3) is 3.42. The maximum absolute atomic E-state index is 12.1. The molecule has 1 heterocycles. The Labute approximate surface area is 122 Å². The standard InChI is InChI=1S/C15H15N3O3/c1-9-4-5-12(11(6-9)15(20)21-3)18-14(19)13-8-16-10(2)7-17-13/h4-8H,1-3H3,(H,18,19). The van der Waals surface area contributed by atoms with E-state index in [-0.39, 0.29) is 5.69 Å². The summed E-state index contributed by atoms with van der Waals surface area (Å²) in [5.74, 6) is -0.944. The van der Waals surface area contributed by atoms with E-state index >= 15 is 0 Å². The van der Waals surface area contributed by atoms with E-state index in [0.29, 0.717) is 11.3 Å². The topological polar surface area (TPSA) is 81.2 Å². The monoisotopic (exact) mass is 285 g/mol. The Morgan fingerprint density at radius 3 is 2.52 bits per heavy atom. The molecule has 0 saturated carbocycles. The Hall–Kier alpha value is -2.76. The Bertz CT molecular complexity index is 681. The number of methoxy groups -OCH3 is 1. The molecule has 0 atom stereocenters. The van der Waals surface area contributed by atoms with Crippen molar-refractivity contribution >= 4 is 17.6 Å². The van der Waals surface area contributed by atoms with E-state index in [9.17, 15) is 9.59 Å². The third-order valence-electron chi connectivity index (χ3n) is 2.84. The van der Waals surface area contributed by atoms with Crippen molar-refractivity contribution in [2.75, 3.05) is 12.4 Å². The molecule has 1 amide bonds. The highest BCUT2D eigenvalue weighted by Crippen LogP contribution is 2.19. The quantitative estimate of drug-likeness (QED) is 0.874. The summed E-state index contributed by atoms with van der Waals surface area (Å²) in [6, 6.07) is 5.10. The lowest BCUT2D eigenvalue weighted by atomic mass is 10.1. The van der Waals surface area contributed by atoms with Crippen LogP contribution in [-0.4, -0.2) is 29.0 Å². The number of hydrogen-bond donors (Lipinski definition) is 1. The minimum Gasteiger partial charge on any atom is -0.465 e. The van der Waals surface area contributed by atoms with Crippen molar-refractivity contribution in [3.63, 3.8) is 0 Å². The fourth-order valence-corrected chi connectivity index (χ4v) is 1.74. The number of carbonyl (C=O) groups excluding carboxylic acids is 2. The number of amides is 1. The maximum atomic E-state index is 12.1. The van der Waals surface area contributed by atoms with Gasteiger partial charge >= 0.3 is 5.97 Å². The number of aromatic nitrogens is 2. The van der Waals surface area contributed by atoms with Gasteiger partial charge in [-0.05, 0) is 26.0 Å². The molecule has 0 aliphatic carbocycles. The molecule has 21 heavy (non-hydrogen) atoms. The van der Waals surface area contributed by atoms with Gasteiger partial charge in [0.2, 0.25) is 0 Å². The van der Waals surface area contributed by atoms with Crippen molar-refractivity contribution in [1.82, 2.24) is 9.97 Å². The molecule has 0 unspecified atom stereocenters. The van der Waals surface area contributed by atoms with Crippen molar-refractivity contribution in [2.24, 2.45) is 0 Å². The first-order valence-electron chi connectivity index (χ1n) is 6.30. The molecule has 0 aliphatic heterocycles. The van der Waals surface area contributed by atoms with Crippen LogP contribution in [0.15, 0.2) is 30.6 Å². The van der Waals surface area contributed by atoms with Crippen LogP contribution < -0.4 is 5.32 Å². The summed E-state index contributed by atoms with van der Waals surface area (Å²) < 4.78 is 4.72. The molecule has 0 spiro atoms. The van der Waals surface area contributed by atoms with Crippen molar-refractivity contribution in [3.05, 3.63) is 53.1 Å².